The molecule has 0 bridgehead atoms. The number of benzene rings is 1. The van der Waals surface area contributed by atoms with E-state index in [-0.39, 0.29) is 6.10 Å². The van der Waals surface area contributed by atoms with Crippen molar-refractivity contribution in [3.8, 4) is 0 Å². The van der Waals surface area contributed by atoms with E-state index in [1.807, 2.05) is 6.07 Å². The fourth-order valence-corrected chi connectivity index (χ4v) is 6.40. The molecule has 11 heteroatoms. The molecule has 1 atom stereocenters. The predicted octanol–water partition coefficient (Wildman–Crippen LogP) is 2.44. The molecule has 29 heavy (non-hydrogen) atoms. The SMILES string of the molecule is O=S(=O)(c1cccc(CSc2nnc(NC[C@H]3CCCO3)s2)c1)N1CCOCC1. The van der Waals surface area contributed by atoms with Gasteiger partial charge >= 0.3 is 0 Å². The monoisotopic (exact) mass is 456 g/mol. The number of hydrogen-bond donors (Lipinski definition) is 1. The maximum atomic E-state index is 12.8. The van der Waals surface area contributed by atoms with Crippen LogP contribution in [0.3, 0.4) is 0 Å². The van der Waals surface area contributed by atoms with Crippen LogP contribution in [0.2, 0.25) is 0 Å². The van der Waals surface area contributed by atoms with Gasteiger partial charge in [-0.3, -0.25) is 0 Å². The zero-order valence-electron chi connectivity index (χ0n) is 16.0. The second-order valence-electron chi connectivity index (χ2n) is 6.84. The molecule has 2 fully saturated rings. The van der Waals surface area contributed by atoms with E-state index in [1.54, 1.807) is 30.0 Å². The number of nitrogens with one attached hydrogen (secondary N) is 1. The Hall–Kier alpha value is -1.24. The molecule has 0 radical (unpaired) electrons. The van der Waals surface area contributed by atoms with Crippen LogP contribution in [0, 0.1) is 0 Å². The van der Waals surface area contributed by atoms with Crippen molar-refractivity contribution in [2.75, 3.05) is 44.8 Å². The lowest BCUT2D eigenvalue weighted by Gasteiger charge is -2.26. The third-order valence-corrected chi connectivity index (χ3v) is 8.76. The minimum atomic E-state index is -3.48. The summed E-state index contributed by atoms with van der Waals surface area (Å²) in [6.07, 6.45) is 2.45. The van der Waals surface area contributed by atoms with Crippen LogP contribution in [0.4, 0.5) is 5.13 Å². The van der Waals surface area contributed by atoms with E-state index in [9.17, 15) is 8.42 Å². The lowest BCUT2D eigenvalue weighted by atomic mass is 10.2. The maximum Gasteiger partial charge on any atom is 0.243 e. The molecule has 1 aromatic carbocycles. The molecule has 2 saturated heterocycles. The lowest BCUT2D eigenvalue weighted by Crippen LogP contribution is -2.40. The van der Waals surface area contributed by atoms with Crippen LogP contribution in [0.25, 0.3) is 0 Å². The number of hydrogen-bond acceptors (Lipinski definition) is 9. The first kappa shape index (κ1) is 21.0. The molecule has 3 heterocycles. The average molecular weight is 457 g/mol. The van der Waals surface area contributed by atoms with Crippen LogP contribution in [0.15, 0.2) is 33.5 Å². The van der Waals surface area contributed by atoms with Crippen LogP contribution in [-0.2, 0) is 25.2 Å². The Balaban J connectivity index is 1.33. The fourth-order valence-electron chi connectivity index (χ4n) is 3.22. The van der Waals surface area contributed by atoms with Crippen LogP contribution >= 0.6 is 23.1 Å². The number of anilines is 1. The number of rotatable bonds is 8. The second kappa shape index (κ2) is 9.71. The highest BCUT2D eigenvalue weighted by atomic mass is 32.2. The number of nitrogens with zero attached hydrogens (tertiary/aromatic N) is 3. The molecule has 8 nitrogen and oxygen atoms in total. The third kappa shape index (κ3) is 5.47. The van der Waals surface area contributed by atoms with E-state index < -0.39 is 10.0 Å². The number of aromatic nitrogens is 2. The number of thioether (sulfide) groups is 1. The van der Waals surface area contributed by atoms with Gasteiger partial charge in [-0.1, -0.05) is 35.2 Å². The number of sulfonamides is 1. The zero-order valence-corrected chi connectivity index (χ0v) is 18.4. The Morgan fingerprint density at radius 2 is 2.10 bits per heavy atom. The Bertz CT molecular complexity index is 909. The smallest absolute Gasteiger partial charge is 0.243 e. The molecule has 0 aliphatic carbocycles. The molecule has 158 valence electrons. The topological polar surface area (TPSA) is 93.7 Å². The molecule has 2 aliphatic heterocycles. The van der Waals surface area contributed by atoms with Crippen LogP contribution in [-0.4, -0.2) is 68.5 Å². The highest BCUT2D eigenvalue weighted by molar-refractivity contribution is 8.00. The summed E-state index contributed by atoms with van der Waals surface area (Å²) < 4.78 is 38.8. The van der Waals surface area contributed by atoms with Crippen LogP contribution in [0.1, 0.15) is 18.4 Å². The summed E-state index contributed by atoms with van der Waals surface area (Å²) >= 11 is 3.05. The zero-order chi connectivity index (χ0) is 20.1. The highest BCUT2D eigenvalue weighted by Gasteiger charge is 2.26. The summed E-state index contributed by atoms with van der Waals surface area (Å²) in [7, 11) is -3.48. The van der Waals surface area contributed by atoms with Gasteiger partial charge in [0.1, 0.15) is 0 Å². The second-order valence-corrected chi connectivity index (χ2v) is 11.0. The summed E-state index contributed by atoms with van der Waals surface area (Å²) in [5.74, 6) is 0.632. The van der Waals surface area contributed by atoms with Crippen LogP contribution in [0.5, 0.6) is 0 Å². The van der Waals surface area contributed by atoms with Crippen molar-refractivity contribution >= 4 is 38.3 Å². The van der Waals surface area contributed by atoms with Gasteiger partial charge in [-0.25, -0.2) is 8.42 Å². The van der Waals surface area contributed by atoms with Gasteiger partial charge < -0.3 is 14.8 Å². The first-order chi connectivity index (χ1) is 14.1. The molecule has 0 unspecified atom stereocenters. The van der Waals surface area contributed by atoms with Crippen molar-refractivity contribution in [2.24, 2.45) is 0 Å². The molecule has 2 aliphatic rings. The van der Waals surface area contributed by atoms with Crippen molar-refractivity contribution < 1.29 is 17.9 Å². The molecule has 0 spiro atoms. The summed E-state index contributed by atoms with van der Waals surface area (Å²) in [5.41, 5.74) is 0.938. The van der Waals surface area contributed by atoms with E-state index >= 15 is 0 Å². The number of ether oxygens (including phenoxy) is 2. The summed E-state index contributed by atoms with van der Waals surface area (Å²) in [5, 5.41) is 12.4. The van der Waals surface area contributed by atoms with Crippen molar-refractivity contribution in [1.29, 1.82) is 0 Å². The van der Waals surface area contributed by atoms with Crippen molar-refractivity contribution in [2.45, 2.75) is 33.9 Å². The van der Waals surface area contributed by atoms with E-state index in [4.69, 9.17) is 9.47 Å². The largest absolute Gasteiger partial charge is 0.379 e. The quantitative estimate of drug-likeness (QED) is 0.606. The van der Waals surface area contributed by atoms with Gasteiger partial charge in [0.15, 0.2) is 4.34 Å². The first-order valence-corrected chi connectivity index (χ1v) is 12.8. The van der Waals surface area contributed by atoms with Crippen LogP contribution < -0.4 is 5.32 Å². The van der Waals surface area contributed by atoms with E-state index in [1.165, 1.54) is 15.6 Å². The van der Waals surface area contributed by atoms with Gasteiger partial charge in [0.25, 0.3) is 0 Å². The van der Waals surface area contributed by atoms with Crippen molar-refractivity contribution in [3.05, 3.63) is 29.8 Å². The van der Waals surface area contributed by atoms with Gasteiger partial charge in [0, 0.05) is 32.0 Å². The molecular weight excluding hydrogens is 432 g/mol. The van der Waals surface area contributed by atoms with E-state index in [2.05, 4.69) is 15.5 Å². The Labute approximate surface area is 179 Å². The van der Waals surface area contributed by atoms with E-state index in [0.717, 1.165) is 41.0 Å². The molecular formula is C18H24N4O4S3. The minimum Gasteiger partial charge on any atom is -0.379 e. The van der Waals surface area contributed by atoms with Gasteiger partial charge in [-0.05, 0) is 30.5 Å². The molecule has 0 amide bonds. The fraction of sp³-hybridized carbons (Fsp3) is 0.556. The molecule has 4 rings (SSSR count). The predicted molar refractivity (Wildman–Crippen MR) is 113 cm³/mol. The summed E-state index contributed by atoms with van der Waals surface area (Å²) in [4.78, 5) is 0.327. The molecule has 1 aromatic heterocycles. The van der Waals surface area contributed by atoms with Gasteiger partial charge in [-0.2, -0.15) is 4.31 Å². The van der Waals surface area contributed by atoms with Gasteiger partial charge in [0.2, 0.25) is 15.2 Å². The summed E-state index contributed by atoms with van der Waals surface area (Å²) in [6.45, 7) is 3.26. The Morgan fingerprint density at radius 3 is 2.90 bits per heavy atom. The highest BCUT2D eigenvalue weighted by Crippen LogP contribution is 2.29. The lowest BCUT2D eigenvalue weighted by molar-refractivity contribution is 0.0730. The first-order valence-electron chi connectivity index (χ1n) is 9.60. The van der Waals surface area contributed by atoms with Gasteiger partial charge in [-0.15, -0.1) is 10.2 Å². The maximum absolute atomic E-state index is 12.8. The summed E-state index contributed by atoms with van der Waals surface area (Å²) in [6, 6.07) is 7.12. The normalized spacial score (nSPS) is 20.8. The van der Waals surface area contributed by atoms with Crippen molar-refractivity contribution in [1.82, 2.24) is 14.5 Å². The third-order valence-electron chi connectivity index (χ3n) is 4.78. The average Bonchev–Trinajstić information content (AvgIpc) is 3.43. The standard InChI is InChI=1S/C18H24N4O4S3/c23-29(24,22-6-9-25-10-7-22)16-5-1-3-14(11-16)13-27-18-21-20-17(28-18)19-12-15-4-2-8-26-15/h1,3,5,11,15H,2,4,6-10,12-13H2,(H,19,20)/t15-/m1/s1. The van der Waals surface area contributed by atoms with Gasteiger partial charge in [0.05, 0.1) is 24.2 Å². The van der Waals surface area contributed by atoms with E-state index in [0.29, 0.717) is 37.0 Å². The Kier molecular flexibility index (Phi) is 7.04. The molecule has 2 aromatic rings. The van der Waals surface area contributed by atoms with Crippen molar-refractivity contribution in [3.63, 3.8) is 0 Å². The Morgan fingerprint density at radius 1 is 1.24 bits per heavy atom. The minimum absolute atomic E-state index is 0.256. The number of morpholine rings is 1. The molecule has 1 N–H and O–H groups in total. The molecule has 0 saturated carbocycles.